The van der Waals surface area contributed by atoms with Crippen LogP contribution < -0.4 is 4.18 Å². The van der Waals surface area contributed by atoms with Gasteiger partial charge in [0.25, 0.3) is 10.1 Å². The number of benzene rings is 4. The summed E-state index contributed by atoms with van der Waals surface area (Å²) in [4.78, 5) is -0.0739. The lowest BCUT2D eigenvalue weighted by atomic mass is 9.76. The molecule has 1 N–H and O–H groups in total. The molecule has 9 unspecified atom stereocenters. The van der Waals surface area contributed by atoms with Gasteiger partial charge >= 0.3 is 10.1 Å². The van der Waals surface area contributed by atoms with E-state index < -0.39 is 20.2 Å². The van der Waals surface area contributed by atoms with Crippen LogP contribution in [-0.4, -0.2) is 58.0 Å². The van der Waals surface area contributed by atoms with E-state index in [1.54, 1.807) is 48.5 Å². The van der Waals surface area contributed by atoms with Crippen molar-refractivity contribution in [2.24, 2.45) is 0 Å². The van der Waals surface area contributed by atoms with Crippen molar-refractivity contribution >= 4 is 41.8 Å². The molecule has 6 saturated heterocycles. The second-order valence-corrected chi connectivity index (χ2v) is 17.8. The van der Waals surface area contributed by atoms with Gasteiger partial charge in [0.15, 0.2) is 5.75 Å². The highest BCUT2D eigenvalue weighted by Crippen LogP contribution is 2.54. The fourth-order valence-electron chi connectivity index (χ4n) is 10.2. The van der Waals surface area contributed by atoms with Crippen LogP contribution in [0.1, 0.15) is 92.2 Å². The monoisotopic (exact) mass is 702 g/mol. The zero-order valence-corrected chi connectivity index (χ0v) is 28.5. The molecule has 4 aromatic carbocycles. The van der Waals surface area contributed by atoms with Gasteiger partial charge in [-0.15, -0.1) is 0 Å². The van der Waals surface area contributed by atoms with Gasteiger partial charge in [0.2, 0.25) is 0 Å². The molecule has 6 heterocycles. The summed E-state index contributed by atoms with van der Waals surface area (Å²) in [6.45, 7) is 0. The maximum Gasteiger partial charge on any atom is 0.339 e. The standard InChI is InChI=1S/C38H38O9S2/c39-48(40,41)37-26-7-3-1-5-24(26)36(25-6-2-4-8-27(25)37)47-49(42,43)38-31(29-18-22-10-13-34(29)45-22)15-20(28-17-21-9-12-33(28)44-21)16-32(38)30-19-23-11-14-35(30)46-23/h1-8,15-16,21-23,28-30,33-35H,9-14,17-19H2,(H,39,40,41). The first-order valence-electron chi connectivity index (χ1n) is 17.6. The van der Waals surface area contributed by atoms with E-state index in [2.05, 4.69) is 12.1 Å². The largest absolute Gasteiger partial charge is 0.378 e. The van der Waals surface area contributed by atoms with Crippen LogP contribution in [0.15, 0.2) is 70.5 Å². The van der Waals surface area contributed by atoms with E-state index in [-0.39, 0.29) is 91.5 Å². The fourth-order valence-corrected chi connectivity index (χ4v) is 12.6. The van der Waals surface area contributed by atoms with Crippen molar-refractivity contribution < 1.29 is 39.8 Å². The van der Waals surface area contributed by atoms with E-state index in [0.717, 1.165) is 74.5 Å². The summed E-state index contributed by atoms with van der Waals surface area (Å²) in [6, 6.07) is 17.3. The van der Waals surface area contributed by atoms with Gasteiger partial charge in [-0.05, 0) is 74.5 Å². The van der Waals surface area contributed by atoms with E-state index >= 15 is 8.42 Å². The maximum atomic E-state index is 15.2. The van der Waals surface area contributed by atoms with Crippen LogP contribution in [0.4, 0.5) is 0 Å². The lowest BCUT2D eigenvalue weighted by Gasteiger charge is -2.30. The molecule has 6 aliphatic rings. The molecule has 6 aliphatic heterocycles. The molecule has 0 amide bonds. The Morgan fingerprint density at radius 2 is 1.00 bits per heavy atom. The van der Waals surface area contributed by atoms with Gasteiger partial charge in [-0.2, -0.15) is 16.8 Å². The van der Waals surface area contributed by atoms with E-state index in [9.17, 15) is 13.0 Å². The Bertz CT molecular complexity index is 2140. The number of fused-ring (bicyclic) bond motifs is 8. The lowest BCUT2D eigenvalue weighted by Crippen LogP contribution is -2.26. The highest BCUT2D eigenvalue weighted by atomic mass is 32.2. The normalized spacial score (nSPS) is 33.4. The van der Waals surface area contributed by atoms with Crippen molar-refractivity contribution in [1.82, 2.24) is 0 Å². The summed E-state index contributed by atoms with van der Waals surface area (Å²) < 4.78 is 91.6. The van der Waals surface area contributed by atoms with Gasteiger partial charge < -0.3 is 18.4 Å². The predicted octanol–water partition coefficient (Wildman–Crippen LogP) is 7.11. The Hall–Kier alpha value is -3.06. The minimum absolute atomic E-state index is 0.0365. The second kappa shape index (κ2) is 11.0. The van der Waals surface area contributed by atoms with E-state index in [4.69, 9.17) is 18.4 Å². The van der Waals surface area contributed by atoms with Gasteiger partial charge in [-0.25, -0.2) is 0 Å². The Morgan fingerprint density at radius 3 is 1.39 bits per heavy atom. The molecule has 0 saturated carbocycles. The van der Waals surface area contributed by atoms with Crippen LogP contribution in [0.5, 0.6) is 5.75 Å². The fraction of sp³-hybridized carbons (Fsp3) is 0.474. The Morgan fingerprint density at radius 1 is 0.571 bits per heavy atom. The zero-order chi connectivity index (χ0) is 33.2. The Labute approximate surface area is 285 Å². The third-order valence-corrected chi connectivity index (χ3v) is 14.6. The molecule has 6 bridgehead atoms. The van der Waals surface area contributed by atoms with Gasteiger partial charge in [-0.3, -0.25) is 4.55 Å². The molecule has 9 atom stereocenters. The minimum Gasteiger partial charge on any atom is -0.378 e. The molecule has 6 fully saturated rings. The number of rotatable bonds is 7. The van der Waals surface area contributed by atoms with Crippen molar-refractivity contribution in [3.8, 4) is 5.75 Å². The first-order valence-corrected chi connectivity index (χ1v) is 20.5. The molecule has 10 rings (SSSR count). The minimum atomic E-state index is -4.67. The average molecular weight is 703 g/mol. The first-order chi connectivity index (χ1) is 23.6. The van der Waals surface area contributed by atoms with Gasteiger partial charge in [0, 0.05) is 39.3 Å². The van der Waals surface area contributed by atoms with Gasteiger partial charge in [0.05, 0.1) is 36.6 Å². The van der Waals surface area contributed by atoms with Crippen molar-refractivity contribution in [2.45, 2.75) is 122 Å². The average Bonchev–Trinajstić information content (AvgIpc) is 3.96. The number of hydrogen-bond acceptors (Lipinski definition) is 8. The summed E-state index contributed by atoms with van der Waals surface area (Å²) >= 11 is 0. The summed E-state index contributed by atoms with van der Waals surface area (Å²) in [7, 11) is -9.19. The first kappa shape index (κ1) is 30.7. The molecule has 0 aliphatic carbocycles. The lowest BCUT2D eigenvalue weighted by molar-refractivity contribution is 0.0996. The van der Waals surface area contributed by atoms with Gasteiger partial charge in [-0.1, -0.05) is 60.7 Å². The van der Waals surface area contributed by atoms with Crippen LogP contribution in [0.3, 0.4) is 0 Å². The molecule has 49 heavy (non-hydrogen) atoms. The smallest absolute Gasteiger partial charge is 0.339 e. The SMILES string of the molecule is O=S(=O)(O)c1c2ccccc2c(OS(=O)(=O)c2c(C3CC4CCC3O4)cc(C3CC4CCC3O4)cc2C2CC3CCC2O3)c2ccccc12. The van der Waals surface area contributed by atoms with Crippen molar-refractivity contribution in [3.63, 3.8) is 0 Å². The summed E-state index contributed by atoms with van der Waals surface area (Å²) in [5.74, 6) is 0.0451. The van der Waals surface area contributed by atoms with E-state index in [0.29, 0.717) is 0 Å². The number of hydrogen-bond donors (Lipinski definition) is 1. The topological polar surface area (TPSA) is 125 Å². The summed E-state index contributed by atoms with van der Waals surface area (Å²) in [5, 5.41) is 0.929. The van der Waals surface area contributed by atoms with Crippen LogP contribution in [0.25, 0.3) is 21.5 Å². The molecule has 0 aromatic heterocycles. The molecule has 4 aromatic rings. The molecule has 0 spiro atoms. The molecular formula is C38H38O9S2. The van der Waals surface area contributed by atoms with Gasteiger partial charge in [0.1, 0.15) is 9.79 Å². The molecular weight excluding hydrogens is 665 g/mol. The van der Waals surface area contributed by atoms with Crippen molar-refractivity contribution in [3.05, 3.63) is 77.4 Å². The van der Waals surface area contributed by atoms with Crippen molar-refractivity contribution in [2.75, 3.05) is 0 Å². The zero-order valence-electron chi connectivity index (χ0n) is 26.9. The Kier molecular flexibility index (Phi) is 6.88. The second-order valence-electron chi connectivity index (χ2n) is 14.9. The van der Waals surface area contributed by atoms with Crippen LogP contribution in [0, 0.1) is 0 Å². The predicted molar refractivity (Wildman–Crippen MR) is 181 cm³/mol. The summed E-state index contributed by atoms with van der Waals surface area (Å²) in [5.41, 5.74) is 2.65. The third kappa shape index (κ3) is 4.83. The molecule has 0 radical (unpaired) electrons. The van der Waals surface area contributed by atoms with Crippen LogP contribution >= 0.6 is 0 Å². The van der Waals surface area contributed by atoms with E-state index in [1.165, 1.54) is 0 Å². The molecule has 9 nitrogen and oxygen atoms in total. The van der Waals surface area contributed by atoms with Crippen LogP contribution in [0.2, 0.25) is 0 Å². The highest BCUT2D eigenvalue weighted by molar-refractivity contribution is 7.87. The highest BCUT2D eigenvalue weighted by Gasteiger charge is 2.49. The molecule has 256 valence electrons. The number of ether oxygens (including phenoxy) is 3. The summed E-state index contributed by atoms with van der Waals surface area (Å²) in [6.07, 6.45) is 8.72. The Balaban J connectivity index is 1.20. The van der Waals surface area contributed by atoms with Crippen molar-refractivity contribution in [1.29, 1.82) is 0 Å². The van der Waals surface area contributed by atoms with E-state index in [1.807, 2.05) is 0 Å². The van der Waals surface area contributed by atoms with Crippen LogP contribution in [-0.2, 0) is 34.4 Å². The maximum absolute atomic E-state index is 15.2. The molecule has 11 heteroatoms. The third-order valence-electron chi connectivity index (χ3n) is 12.2. The quantitative estimate of drug-likeness (QED) is 0.122.